The highest BCUT2D eigenvalue weighted by Gasteiger charge is 2.28. The first-order valence-electron chi connectivity index (χ1n) is 16.4. The van der Waals surface area contributed by atoms with E-state index in [0.29, 0.717) is 49.1 Å². The van der Waals surface area contributed by atoms with Gasteiger partial charge >= 0.3 is 0 Å². The van der Waals surface area contributed by atoms with E-state index in [0.717, 1.165) is 39.0 Å². The van der Waals surface area contributed by atoms with E-state index in [1.165, 1.54) is 37.5 Å². The van der Waals surface area contributed by atoms with Crippen LogP contribution in [-0.2, 0) is 11.8 Å². The molecule has 0 atom stereocenters. The number of para-hydroxylation sites is 1. The summed E-state index contributed by atoms with van der Waals surface area (Å²) in [6.07, 6.45) is 3.59. The number of carbonyl (C=O) groups is 1. The van der Waals surface area contributed by atoms with Gasteiger partial charge in [0.15, 0.2) is 0 Å². The molecule has 50 heavy (non-hydrogen) atoms. The van der Waals surface area contributed by atoms with Crippen LogP contribution in [0.3, 0.4) is 0 Å². The van der Waals surface area contributed by atoms with Gasteiger partial charge in [-0.05, 0) is 47.5 Å². The van der Waals surface area contributed by atoms with Gasteiger partial charge in [-0.2, -0.15) is 0 Å². The molecule has 254 valence electrons. The summed E-state index contributed by atoms with van der Waals surface area (Å²) in [6.45, 7) is 4.09. The van der Waals surface area contributed by atoms with E-state index in [9.17, 15) is 13.6 Å². The van der Waals surface area contributed by atoms with Gasteiger partial charge in [-0.1, -0.05) is 42.5 Å². The van der Waals surface area contributed by atoms with Crippen LogP contribution >= 0.6 is 0 Å². The van der Waals surface area contributed by atoms with Crippen molar-refractivity contribution in [1.29, 1.82) is 0 Å². The van der Waals surface area contributed by atoms with Crippen LogP contribution in [0.4, 0.5) is 31.7 Å². The summed E-state index contributed by atoms with van der Waals surface area (Å²) >= 11 is 0. The predicted octanol–water partition coefficient (Wildman–Crippen LogP) is 7.54. The molecule has 0 radical (unpaired) electrons. The molecule has 3 heterocycles. The summed E-state index contributed by atoms with van der Waals surface area (Å²) in [6, 6.07) is 26.6. The van der Waals surface area contributed by atoms with Gasteiger partial charge in [0.25, 0.3) is 0 Å². The van der Waals surface area contributed by atoms with Crippen molar-refractivity contribution < 1.29 is 18.3 Å². The number of nitrogens with one attached hydrogen (secondary N) is 2. The van der Waals surface area contributed by atoms with Crippen molar-refractivity contribution in [3.8, 4) is 17.0 Å². The van der Waals surface area contributed by atoms with E-state index in [1.807, 2.05) is 37.4 Å². The van der Waals surface area contributed by atoms with E-state index in [-0.39, 0.29) is 23.6 Å². The Morgan fingerprint density at radius 3 is 2.14 bits per heavy atom. The lowest BCUT2D eigenvalue weighted by atomic mass is 9.96. The first kappa shape index (κ1) is 32.7. The number of nitrogens with zero attached hydrogens (tertiary/aromatic N) is 5. The molecular formula is C39H37F2N7O2. The van der Waals surface area contributed by atoms with E-state index in [1.54, 1.807) is 31.4 Å². The van der Waals surface area contributed by atoms with Gasteiger partial charge in [0.1, 0.15) is 29.5 Å². The minimum Gasteiger partial charge on any atom is -0.494 e. The second kappa shape index (κ2) is 14.0. The molecule has 6 aromatic rings. The molecule has 1 aliphatic heterocycles. The number of methoxy groups -OCH3 is 1. The third kappa shape index (κ3) is 6.72. The quantitative estimate of drug-likeness (QED) is 0.164. The van der Waals surface area contributed by atoms with Gasteiger partial charge < -0.3 is 24.8 Å². The number of benzene rings is 4. The molecule has 0 bridgehead atoms. The number of hydrogen-bond donors (Lipinski definition) is 2. The summed E-state index contributed by atoms with van der Waals surface area (Å²) in [4.78, 5) is 26.0. The van der Waals surface area contributed by atoms with Gasteiger partial charge in [-0.15, -0.1) is 0 Å². The fraction of sp³-hybridized carbons (Fsp3) is 0.205. The third-order valence-corrected chi connectivity index (χ3v) is 9.12. The SMILES string of the molecule is COc1cc(N2CCN(C(c3ccc(F)cc3)c3ccc(F)cc3)CC2)c(NC(C)=O)cc1Nc1cc(-c2cn(C)c3ccccc23)ncn1. The molecule has 4 aromatic carbocycles. The topological polar surface area (TPSA) is 87.5 Å². The zero-order valence-corrected chi connectivity index (χ0v) is 28.0. The number of carbonyl (C=O) groups excluding carboxylic acids is 1. The molecule has 0 saturated carbocycles. The van der Waals surface area contributed by atoms with Crippen molar-refractivity contribution in [2.75, 3.05) is 48.8 Å². The summed E-state index contributed by atoms with van der Waals surface area (Å²) in [7, 11) is 3.62. The summed E-state index contributed by atoms with van der Waals surface area (Å²) in [5, 5.41) is 7.49. The van der Waals surface area contributed by atoms with Crippen molar-refractivity contribution in [1.82, 2.24) is 19.4 Å². The van der Waals surface area contributed by atoms with Crippen LogP contribution in [0.5, 0.6) is 5.75 Å². The normalized spacial score (nSPS) is 13.5. The Morgan fingerprint density at radius 2 is 1.50 bits per heavy atom. The fourth-order valence-electron chi connectivity index (χ4n) is 6.77. The van der Waals surface area contributed by atoms with Crippen molar-refractivity contribution in [2.45, 2.75) is 13.0 Å². The van der Waals surface area contributed by atoms with Crippen molar-refractivity contribution >= 4 is 39.7 Å². The maximum atomic E-state index is 13.8. The number of aromatic nitrogens is 3. The Hall–Kier alpha value is -5.81. The molecule has 0 aliphatic carbocycles. The highest BCUT2D eigenvalue weighted by atomic mass is 19.1. The van der Waals surface area contributed by atoms with Crippen LogP contribution in [0.1, 0.15) is 24.1 Å². The largest absolute Gasteiger partial charge is 0.494 e. The summed E-state index contributed by atoms with van der Waals surface area (Å²) in [5.41, 5.74) is 6.81. The first-order chi connectivity index (χ1) is 24.3. The zero-order chi connectivity index (χ0) is 34.8. The Labute approximate surface area is 289 Å². The monoisotopic (exact) mass is 673 g/mol. The molecule has 1 saturated heterocycles. The van der Waals surface area contributed by atoms with Crippen LogP contribution in [0.15, 0.2) is 104 Å². The van der Waals surface area contributed by atoms with E-state index in [4.69, 9.17) is 4.74 Å². The van der Waals surface area contributed by atoms with Crippen LogP contribution in [0.25, 0.3) is 22.2 Å². The fourth-order valence-corrected chi connectivity index (χ4v) is 6.77. The molecule has 1 aliphatic rings. The molecule has 1 amide bonds. The Kier molecular flexibility index (Phi) is 9.14. The third-order valence-electron chi connectivity index (χ3n) is 9.12. The molecule has 9 nitrogen and oxygen atoms in total. The minimum atomic E-state index is -0.307. The van der Waals surface area contributed by atoms with Crippen molar-refractivity contribution in [2.24, 2.45) is 7.05 Å². The number of rotatable bonds is 9. The number of piperazine rings is 1. The van der Waals surface area contributed by atoms with Gasteiger partial charge in [0, 0.05) is 74.9 Å². The van der Waals surface area contributed by atoms with Crippen molar-refractivity contribution in [3.05, 3.63) is 126 Å². The number of anilines is 4. The van der Waals surface area contributed by atoms with E-state index in [2.05, 4.69) is 53.3 Å². The number of amides is 1. The molecule has 1 fully saturated rings. The van der Waals surface area contributed by atoms with E-state index < -0.39 is 0 Å². The minimum absolute atomic E-state index is 0.180. The maximum absolute atomic E-state index is 13.8. The number of halogens is 2. The molecular weight excluding hydrogens is 636 g/mol. The predicted molar refractivity (Wildman–Crippen MR) is 193 cm³/mol. The van der Waals surface area contributed by atoms with Gasteiger partial charge in [-0.3, -0.25) is 9.69 Å². The number of fused-ring (bicyclic) bond motifs is 1. The summed E-state index contributed by atoms with van der Waals surface area (Å²) in [5.74, 6) is 0.341. The van der Waals surface area contributed by atoms with Gasteiger partial charge in [0.05, 0.1) is 35.9 Å². The first-order valence-corrected chi connectivity index (χ1v) is 16.4. The highest BCUT2D eigenvalue weighted by Crippen LogP contribution is 2.40. The van der Waals surface area contributed by atoms with Crippen LogP contribution < -0.4 is 20.3 Å². The number of aryl methyl sites for hydroxylation is 1. The lowest BCUT2D eigenvalue weighted by molar-refractivity contribution is -0.114. The van der Waals surface area contributed by atoms with E-state index >= 15 is 0 Å². The molecule has 2 N–H and O–H groups in total. The molecule has 0 spiro atoms. The molecule has 7 rings (SSSR count). The summed E-state index contributed by atoms with van der Waals surface area (Å²) < 4.78 is 35.6. The molecule has 0 unspecified atom stereocenters. The standard InChI is InChI=1S/C39H37F2N7O2/c1-25(49)44-33-20-34(45-38-21-32(42-24-43-38)31-23-46(2)35-7-5-4-6-30(31)35)37(50-3)22-36(33)47-16-18-48(19-17-47)39(26-8-12-28(40)13-9-26)27-10-14-29(41)15-11-27/h4-15,20-24,39H,16-19H2,1-3H3,(H,44,49)(H,42,43,45). The smallest absolute Gasteiger partial charge is 0.221 e. The number of ether oxygens (including phenoxy) is 1. The lowest BCUT2D eigenvalue weighted by Crippen LogP contribution is -2.48. The second-order valence-electron chi connectivity index (χ2n) is 12.4. The maximum Gasteiger partial charge on any atom is 0.221 e. The Morgan fingerprint density at radius 1 is 0.840 bits per heavy atom. The average Bonchev–Trinajstić information content (AvgIpc) is 3.46. The second-order valence-corrected chi connectivity index (χ2v) is 12.4. The zero-order valence-electron chi connectivity index (χ0n) is 28.0. The Bertz CT molecular complexity index is 2100. The van der Waals surface area contributed by atoms with Gasteiger partial charge in [0.2, 0.25) is 5.91 Å². The lowest BCUT2D eigenvalue weighted by Gasteiger charge is -2.41. The van der Waals surface area contributed by atoms with Crippen molar-refractivity contribution in [3.63, 3.8) is 0 Å². The Balaban J connectivity index is 1.15. The van der Waals surface area contributed by atoms with Crippen LogP contribution in [0.2, 0.25) is 0 Å². The van der Waals surface area contributed by atoms with Crippen LogP contribution in [0, 0.1) is 11.6 Å². The highest BCUT2D eigenvalue weighted by molar-refractivity contribution is 5.96. The molecule has 2 aromatic heterocycles. The number of hydrogen-bond acceptors (Lipinski definition) is 7. The van der Waals surface area contributed by atoms with Gasteiger partial charge in [-0.25, -0.2) is 18.7 Å². The van der Waals surface area contributed by atoms with Crippen LogP contribution in [-0.4, -0.2) is 58.6 Å². The average molecular weight is 674 g/mol. The molecule has 11 heteroatoms.